The number of ether oxygens (including phenoxy) is 2. The maximum Gasteiger partial charge on any atom is 0.246 e. The van der Waals surface area contributed by atoms with Gasteiger partial charge < -0.3 is 14.4 Å². The summed E-state index contributed by atoms with van der Waals surface area (Å²) in [5, 5.41) is 0. The molecule has 1 aliphatic rings. The number of allylic oxidation sites excluding steroid dienone is 1. The van der Waals surface area contributed by atoms with Crippen molar-refractivity contribution in [3.63, 3.8) is 0 Å². The Kier molecular flexibility index (Phi) is 6.01. The lowest BCUT2D eigenvalue weighted by molar-refractivity contribution is -0.128. The summed E-state index contributed by atoms with van der Waals surface area (Å²) < 4.78 is 10.4. The zero-order chi connectivity index (χ0) is 15.9. The summed E-state index contributed by atoms with van der Waals surface area (Å²) in [4.78, 5) is 14.4. The Labute approximate surface area is 132 Å². The van der Waals surface area contributed by atoms with E-state index in [4.69, 9.17) is 9.47 Å². The van der Waals surface area contributed by atoms with Crippen LogP contribution in [-0.4, -0.2) is 44.7 Å². The van der Waals surface area contributed by atoms with Gasteiger partial charge in [-0.05, 0) is 49.0 Å². The molecule has 2 rings (SSSR count). The van der Waals surface area contributed by atoms with E-state index in [9.17, 15) is 4.79 Å². The van der Waals surface area contributed by atoms with E-state index in [-0.39, 0.29) is 5.91 Å². The van der Waals surface area contributed by atoms with Gasteiger partial charge in [0.2, 0.25) is 5.91 Å². The van der Waals surface area contributed by atoms with E-state index in [2.05, 4.69) is 0 Å². The van der Waals surface area contributed by atoms with Crippen LogP contribution in [0, 0.1) is 5.92 Å². The number of nitrogens with zero attached hydrogens (tertiary/aromatic N) is 1. The lowest BCUT2D eigenvalue weighted by Gasteiger charge is -2.31. The molecule has 1 saturated heterocycles. The first kappa shape index (κ1) is 16.6. The highest BCUT2D eigenvalue weighted by molar-refractivity contribution is 5.95. The number of carbonyl (C=O) groups excluding carboxylic acids is 1. The first-order valence-corrected chi connectivity index (χ1v) is 7.74. The average Bonchev–Trinajstić information content (AvgIpc) is 2.55. The lowest BCUT2D eigenvalue weighted by atomic mass is 9.98. The summed E-state index contributed by atoms with van der Waals surface area (Å²) in [5.41, 5.74) is 1.97. The fraction of sp³-hybridized carbons (Fsp3) is 0.500. The number of piperidine rings is 1. The van der Waals surface area contributed by atoms with Crippen LogP contribution < -0.4 is 4.74 Å². The van der Waals surface area contributed by atoms with Crippen LogP contribution in [0.15, 0.2) is 30.3 Å². The molecule has 0 spiro atoms. The molecule has 0 bridgehead atoms. The van der Waals surface area contributed by atoms with Gasteiger partial charge in [0.1, 0.15) is 5.75 Å². The Morgan fingerprint density at radius 1 is 1.41 bits per heavy atom. The number of amides is 1. The highest BCUT2D eigenvalue weighted by Gasteiger charge is 2.22. The molecule has 1 aromatic rings. The van der Waals surface area contributed by atoms with Gasteiger partial charge in [0.15, 0.2) is 0 Å². The van der Waals surface area contributed by atoms with Gasteiger partial charge in [0.05, 0.1) is 13.7 Å². The first-order valence-electron chi connectivity index (χ1n) is 7.74. The third kappa shape index (κ3) is 4.34. The van der Waals surface area contributed by atoms with Gasteiger partial charge in [-0.15, -0.1) is 0 Å². The SMILES string of the molecule is COCC1CCCN(C(=O)/C=C(\C)c2cccc(OC)c2)C1. The van der Waals surface area contributed by atoms with Crippen LogP contribution in [0.25, 0.3) is 5.57 Å². The van der Waals surface area contributed by atoms with Gasteiger partial charge in [-0.3, -0.25) is 4.79 Å². The highest BCUT2D eigenvalue weighted by atomic mass is 16.5. The van der Waals surface area contributed by atoms with Crippen LogP contribution in [-0.2, 0) is 9.53 Å². The smallest absolute Gasteiger partial charge is 0.246 e. The first-order chi connectivity index (χ1) is 10.6. The summed E-state index contributed by atoms with van der Waals surface area (Å²) in [6, 6.07) is 7.78. The number of benzene rings is 1. The van der Waals surface area contributed by atoms with Crippen LogP contribution in [0.2, 0.25) is 0 Å². The number of hydrogen-bond acceptors (Lipinski definition) is 3. The second-order valence-corrected chi connectivity index (χ2v) is 5.81. The summed E-state index contributed by atoms with van der Waals surface area (Å²) in [5.74, 6) is 1.34. The molecule has 0 saturated carbocycles. The van der Waals surface area contributed by atoms with E-state index in [1.165, 1.54) is 0 Å². The molecule has 1 fully saturated rings. The topological polar surface area (TPSA) is 38.8 Å². The fourth-order valence-corrected chi connectivity index (χ4v) is 2.87. The molecule has 1 aromatic carbocycles. The summed E-state index contributed by atoms with van der Waals surface area (Å²) in [6.07, 6.45) is 3.91. The largest absolute Gasteiger partial charge is 0.497 e. The third-order valence-electron chi connectivity index (χ3n) is 4.10. The van der Waals surface area contributed by atoms with E-state index in [1.807, 2.05) is 36.1 Å². The van der Waals surface area contributed by atoms with E-state index in [1.54, 1.807) is 20.3 Å². The Hall–Kier alpha value is -1.81. The molecule has 1 atom stereocenters. The average molecular weight is 303 g/mol. The van der Waals surface area contributed by atoms with Crippen molar-refractivity contribution in [1.29, 1.82) is 0 Å². The van der Waals surface area contributed by atoms with Gasteiger partial charge in [0, 0.05) is 26.3 Å². The van der Waals surface area contributed by atoms with E-state index in [0.29, 0.717) is 5.92 Å². The molecule has 1 amide bonds. The Morgan fingerprint density at radius 3 is 2.95 bits per heavy atom. The zero-order valence-electron chi connectivity index (χ0n) is 13.7. The van der Waals surface area contributed by atoms with Gasteiger partial charge in [-0.2, -0.15) is 0 Å². The maximum atomic E-state index is 12.5. The second-order valence-electron chi connectivity index (χ2n) is 5.81. The minimum Gasteiger partial charge on any atom is -0.497 e. The number of hydrogen-bond donors (Lipinski definition) is 0. The summed E-state index contributed by atoms with van der Waals surface area (Å²) in [7, 11) is 3.36. The molecule has 0 aromatic heterocycles. The minimum absolute atomic E-state index is 0.0844. The Morgan fingerprint density at radius 2 is 2.23 bits per heavy atom. The molecular weight excluding hydrogens is 278 g/mol. The van der Waals surface area contributed by atoms with Crippen LogP contribution in [0.5, 0.6) is 5.75 Å². The van der Waals surface area contributed by atoms with Crippen molar-refractivity contribution < 1.29 is 14.3 Å². The maximum absolute atomic E-state index is 12.5. The highest BCUT2D eigenvalue weighted by Crippen LogP contribution is 2.21. The number of rotatable bonds is 5. The van der Waals surface area contributed by atoms with Crippen LogP contribution in [0.3, 0.4) is 0 Å². The van der Waals surface area contributed by atoms with Gasteiger partial charge in [-0.1, -0.05) is 12.1 Å². The molecule has 1 heterocycles. The van der Waals surface area contributed by atoms with Gasteiger partial charge in [0.25, 0.3) is 0 Å². The number of methoxy groups -OCH3 is 2. The van der Waals surface area contributed by atoms with Crippen molar-refractivity contribution in [2.75, 3.05) is 33.9 Å². The third-order valence-corrected chi connectivity index (χ3v) is 4.10. The molecule has 22 heavy (non-hydrogen) atoms. The van der Waals surface area contributed by atoms with Crippen LogP contribution >= 0.6 is 0 Å². The van der Waals surface area contributed by atoms with Crippen LogP contribution in [0.1, 0.15) is 25.3 Å². The van der Waals surface area contributed by atoms with E-state index < -0.39 is 0 Å². The lowest BCUT2D eigenvalue weighted by Crippen LogP contribution is -2.40. The van der Waals surface area contributed by atoms with Crippen molar-refractivity contribution in [2.45, 2.75) is 19.8 Å². The molecule has 4 nitrogen and oxygen atoms in total. The Balaban J connectivity index is 2.05. The van der Waals surface area contributed by atoms with E-state index in [0.717, 1.165) is 49.4 Å². The predicted molar refractivity (Wildman–Crippen MR) is 87.8 cm³/mol. The summed E-state index contributed by atoms with van der Waals surface area (Å²) >= 11 is 0. The van der Waals surface area contributed by atoms with E-state index >= 15 is 0 Å². The van der Waals surface area contributed by atoms with Crippen molar-refractivity contribution in [3.8, 4) is 5.75 Å². The van der Waals surface area contributed by atoms with Crippen molar-refractivity contribution in [1.82, 2.24) is 4.90 Å². The molecule has 0 radical (unpaired) electrons. The van der Waals surface area contributed by atoms with Crippen molar-refractivity contribution in [3.05, 3.63) is 35.9 Å². The summed E-state index contributed by atoms with van der Waals surface area (Å²) in [6.45, 7) is 4.31. The van der Waals surface area contributed by atoms with Gasteiger partial charge >= 0.3 is 0 Å². The number of likely N-dealkylation sites (tertiary alicyclic amines) is 1. The molecule has 1 unspecified atom stereocenters. The molecular formula is C18H25NO3. The molecule has 4 heteroatoms. The zero-order valence-corrected chi connectivity index (χ0v) is 13.7. The second kappa shape index (κ2) is 7.99. The molecule has 120 valence electrons. The Bertz CT molecular complexity index is 537. The molecule has 0 N–H and O–H groups in total. The van der Waals surface area contributed by atoms with Crippen LogP contribution in [0.4, 0.5) is 0 Å². The predicted octanol–water partition coefficient (Wildman–Crippen LogP) is 2.98. The van der Waals surface area contributed by atoms with Crippen molar-refractivity contribution in [2.24, 2.45) is 5.92 Å². The monoisotopic (exact) mass is 303 g/mol. The quantitative estimate of drug-likeness (QED) is 0.785. The molecule has 1 aliphatic heterocycles. The minimum atomic E-state index is 0.0844. The normalized spacial score (nSPS) is 19.1. The number of carbonyl (C=O) groups is 1. The fourth-order valence-electron chi connectivity index (χ4n) is 2.87. The van der Waals surface area contributed by atoms with Crippen molar-refractivity contribution >= 4 is 11.5 Å². The standard InChI is InChI=1S/C18H25NO3/c1-14(16-7-4-8-17(11-16)22-3)10-18(20)19-9-5-6-15(12-19)13-21-2/h4,7-8,10-11,15H,5-6,9,12-13H2,1-3H3/b14-10+. The van der Waals surface area contributed by atoms with Gasteiger partial charge in [-0.25, -0.2) is 0 Å². The molecule has 0 aliphatic carbocycles.